The van der Waals surface area contributed by atoms with Crippen LogP contribution in [0, 0.1) is 38.0 Å². The van der Waals surface area contributed by atoms with Crippen LogP contribution in [0.3, 0.4) is 0 Å². The maximum atomic E-state index is 13.1. The summed E-state index contributed by atoms with van der Waals surface area (Å²) in [6, 6.07) is 54.5. The third-order valence-electron chi connectivity index (χ3n) is 22.6. The Morgan fingerprint density at radius 2 is 0.818 bits per heavy atom. The van der Waals surface area contributed by atoms with E-state index in [-0.39, 0.29) is 85.2 Å². The quantitative estimate of drug-likeness (QED) is 0.0125. The standard InChI is InChI=1S/C21H23BClNO4.C21H25BClNO4.C20H27BN4O4.C19H24BN3O4.C18H28BNO5/c1-14-2-4-15(5-3-14)12-17(22(27)28)13-19(25)21(10-11-21)24-20(26)16-6-8-18(23)9-7-16;1-14-5-4-6-15(11-14)12-17(22(27)28)13-19(25)21(2,3)24-20(26)16-7-9-18(23)10-8-16;1-14(2)11-17(21(28)29)24-19(27)20(3,12-15-7-5-4-6-8-15)25-18(26)16-13-22-9-10-23-16;1-13-5-4-6-14(9-13)10-15(20(26)27)11-17(24)19(2,3)23-18(25)16-12-21-7-8-22-16;1-13(2)10-15(19(23)24)20-17(22)18(3,4)11-16(21)25-12-14-8-6-5-7-9-14/h2-9,17,27-28H,10-13H2,1H3,(H,24,26);4-11,17,27-28H,12-13H2,1-3H3,(H,24,26);4-10,13-14,17,28-29H,11-12H2,1-3H3,(H,24,27)(H,25,26);4-9,12,15,26-27H,10-11H2,1-3H3,(H,23,25);5-9,13,15,23-24H,10-12H2,1-4H3,(H,20,22)/t2*17-;17-,20-;2*15-/m11010/s1. The van der Waals surface area contributed by atoms with Crippen LogP contribution in [0.25, 0.3) is 0 Å². The van der Waals surface area contributed by atoms with Gasteiger partial charge in [0.25, 0.3) is 23.6 Å². The molecule has 38 heteroatoms. The van der Waals surface area contributed by atoms with Crippen molar-refractivity contribution in [2.75, 3.05) is 0 Å². The van der Waals surface area contributed by atoms with E-state index in [0.29, 0.717) is 66.1 Å². The molecule has 1 aliphatic rings. The Morgan fingerprint density at radius 1 is 0.423 bits per heavy atom. The van der Waals surface area contributed by atoms with E-state index >= 15 is 0 Å². The number of ether oxygens (including phenoxy) is 1. The summed E-state index contributed by atoms with van der Waals surface area (Å²) in [5.74, 6) is -7.20. The number of esters is 1. The summed E-state index contributed by atoms with van der Waals surface area (Å²) in [5.41, 5.74) is 3.13. The molecule has 0 unspecified atom stereocenters. The van der Waals surface area contributed by atoms with Crippen LogP contribution < -0.4 is 31.9 Å². The summed E-state index contributed by atoms with van der Waals surface area (Å²) in [6.45, 7) is 24.9. The highest BCUT2D eigenvalue weighted by Gasteiger charge is 2.52. The Balaban J connectivity index is 0.000000263. The molecular formula is C99H127B5Cl2N10O21. The van der Waals surface area contributed by atoms with E-state index in [0.717, 1.165) is 44.5 Å². The van der Waals surface area contributed by atoms with Gasteiger partial charge in [0.15, 0.2) is 17.3 Å². The van der Waals surface area contributed by atoms with Crippen LogP contribution in [0.5, 0.6) is 0 Å². The lowest BCUT2D eigenvalue weighted by Crippen LogP contribution is -2.62. The SMILES string of the molecule is CC(C)C[C@H](NC(=O)C(C)(C)CC(=O)OCc1ccccc1)B(O)O.CC(C)C[C@H](NC(=O)[C@](C)(Cc1ccccc1)NC(=O)c1cnccn1)B(O)O.Cc1ccc(C[C@H](CC(=O)C2(NC(=O)c3ccc(Cl)cc3)CC2)B(O)O)cc1.Cc1cccc(C[C@H](CC(=O)C(C)(C)NC(=O)c2ccc(Cl)cc2)B(O)O)c1.Cc1cccc(C[C@H](CC(=O)C(C)(C)NC(=O)c2cnccn2)B(O)O)c1. The summed E-state index contributed by atoms with van der Waals surface area (Å²) in [7, 11) is -8.23. The van der Waals surface area contributed by atoms with Gasteiger partial charge in [0.1, 0.15) is 23.5 Å². The number of amides is 6. The number of halogens is 2. The summed E-state index contributed by atoms with van der Waals surface area (Å²) in [5, 5.41) is 114. The van der Waals surface area contributed by atoms with Gasteiger partial charge in [-0.05, 0) is 189 Å². The van der Waals surface area contributed by atoms with E-state index in [2.05, 4.69) is 51.8 Å². The van der Waals surface area contributed by atoms with Gasteiger partial charge < -0.3 is 86.9 Å². The van der Waals surface area contributed by atoms with Crippen molar-refractivity contribution >= 4 is 118 Å². The van der Waals surface area contributed by atoms with Crippen LogP contribution in [0.1, 0.15) is 214 Å². The summed E-state index contributed by atoms with van der Waals surface area (Å²) < 4.78 is 5.21. The zero-order valence-electron chi connectivity index (χ0n) is 79.9. The molecule has 728 valence electrons. The summed E-state index contributed by atoms with van der Waals surface area (Å²) >= 11 is 11.7. The zero-order chi connectivity index (χ0) is 102. The van der Waals surface area contributed by atoms with Crippen LogP contribution in [0.4, 0.5) is 0 Å². The van der Waals surface area contributed by atoms with Crippen molar-refractivity contribution in [2.45, 2.75) is 232 Å². The fraction of sp³-hybridized carbons (Fsp3) is 0.394. The average Bonchev–Trinajstić information content (AvgIpc) is 1.62. The lowest BCUT2D eigenvalue weighted by Gasteiger charge is -2.32. The molecule has 0 aliphatic heterocycles. The van der Waals surface area contributed by atoms with Gasteiger partial charge in [0.05, 0.1) is 52.7 Å². The molecule has 0 radical (unpaired) electrons. The lowest BCUT2D eigenvalue weighted by atomic mass is 9.66. The minimum atomic E-state index is -1.71. The molecule has 6 atom stereocenters. The molecule has 31 nitrogen and oxygen atoms in total. The van der Waals surface area contributed by atoms with Crippen molar-refractivity contribution in [1.82, 2.24) is 51.8 Å². The monoisotopic (exact) mass is 1920 g/mol. The Kier molecular flexibility index (Phi) is 45.5. The van der Waals surface area contributed by atoms with Crippen molar-refractivity contribution in [3.05, 3.63) is 296 Å². The van der Waals surface area contributed by atoms with E-state index in [9.17, 15) is 98.2 Å². The molecule has 16 N–H and O–H groups in total. The number of carbonyl (C=O) groups is 10. The molecule has 0 bridgehead atoms. The average molecular weight is 1920 g/mol. The maximum absolute atomic E-state index is 13.1. The van der Waals surface area contributed by atoms with E-state index < -0.39 is 128 Å². The Hall–Kier alpha value is -11.5. The second-order valence-corrected chi connectivity index (χ2v) is 38.1. The molecule has 6 amide bonds. The molecule has 2 heterocycles. The predicted octanol–water partition coefficient (Wildman–Crippen LogP) is 9.94. The zero-order valence-corrected chi connectivity index (χ0v) is 81.4. The van der Waals surface area contributed by atoms with Crippen molar-refractivity contribution < 1.29 is 103 Å². The van der Waals surface area contributed by atoms with Crippen molar-refractivity contribution in [3.8, 4) is 0 Å². The highest BCUT2D eigenvalue weighted by atomic mass is 35.5. The summed E-state index contributed by atoms with van der Waals surface area (Å²) in [6.07, 6.45) is 11.3. The van der Waals surface area contributed by atoms with Gasteiger partial charge in [-0.3, -0.25) is 57.9 Å². The molecule has 1 aliphatic carbocycles. The first-order chi connectivity index (χ1) is 64.4. The fourth-order valence-electron chi connectivity index (χ4n) is 14.3. The topological polar surface area (TPSA) is 506 Å². The number of carbonyl (C=O) groups excluding carboxylic acids is 10. The van der Waals surface area contributed by atoms with E-state index in [4.69, 9.17) is 27.9 Å². The van der Waals surface area contributed by atoms with Crippen LogP contribution >= 0.6 is 23.2 Å². The molecule has 9 aromatic rings. The van der Waals surface area contributed by atoms with Gasteiger partial charge in [-0.2, -0.15) is 0 Å². The van der Waals surface area contributed by atoms with Gasteiger partial charge >= 0.3 is 41.6 Å². The third-order valence-corrected chi connectivity index (χ3v) is 23.1. The van der Waals surface area contributed by atoms with Crippen LogP contribution in [-0.4, -0.2) is 199 Å². The number of nitrogens with one attached hydrogen (secondary N) is 6. The molecular weight excluding hydrogens is 1790 g/mol. The Morgan fingerprint density at radius 3 is 1.22 bits per heavy atom. The number of hydrogen-bond acceptors (Lipinski definition) is 25. The molecule has 0 spiro atoms. The molecule has 137 heavy (non-hydrogen) atoms. The lowest BCUT2D eigenvalue weighted by molar-refractivity contribution is -0.150. The summed E-state index contributed by atoms with van der Waals surface area (Å²) in [4.78, 5) is 141. The van der Waals surface area contributed by atoms with E-state index in [1.807, 2.05) is 182 Å². The molecule has 7 aromatic carbocycles. The normalized spacial score (nSPS) is 13.4. The van der Waals surface area contributed by atoms with Gasteiger partial charge in [-0.15, -0.1) is 0 Å². The second kappa shape index (κ2) is 54.6. The smallest absolute Gasteiger partial charge is 0.461 e. The number of aromatic nitrogens is 4. The van der Waals surface area contributed by atoms with Crippen LogP contribution in [0.15, 0.2) is 219 Å². The highest BCUT2D eigenvalue weighted by molar-refractivity contribution is 6.45. The number of ketones is 3. The van der Waals surface area contributed by atoms with Gasteiger partial charge in [-0.1, -0.05) is 215 Å². The number of aryl methyl sites for hydroxylation is 3. The largest absolute Gasteiger partial charge is 0.475 e. The van der Waals surface area contributed by atoms with E-state index in [1.165, 1.54) is 37.2 Å². The van der Waals surface area contributed by atoms with Gasteiger partial charge in [0, 0.05) is 89.1 Å². The first-order valence-corrected chi connectivity index (χ1v) is 45.9. The van der Waals surface area contributed by atoms with Crippen LogP contribution in [0.2, 0.25) is 27.5 Å². The predicted molar refractivity (Wildman–Crippen MR) is 529 cm³/mol. The van der Waals surface area contributed by atoms with E-state index in [1.54, 1.807) is 97.0 Å². The Labute approximate surface area is 813 Å². The third kappa shape index (κ3) is 39.9. The number of nitrogens with zero attached hydrogens (tertiary/aromatic N) is 4. The minimum Gasteiger partial charge on any atom is -0.461 e. The number of rotatable bonds is 42. The Bertz CT molecular complexity index is 5380. The first kappa shape index (κ1) is 114. The molecule has 1 saturated carbocycles. The van der Waals surface area contributed by atoms with Gasteiger partial charge in [-0.25, -0.2) is 9.97 Å². The molecule has 0 saturated heterocycles. The molecule has 10 rings (SSSR count). The van der Waals surface area contributed by atoms with Gasteiger partial charge in [0.2, 0.25) is 11.8 Å². The molecule has 1 fully saturated rings. The van der Waals surface area contributed by atoms with Crippen LogP contribution in [-0.2, 0) is 65.8 Å². The molecule has 2 aromatic heterocycles. The van der Waals surface area contributed by atoms with Crippen molar-refractivity contribution in [2.24, 2.45) is 17.3 Å². The first-order valence-electron chi connectivity index (χ1n) is 45.1. The number of hydrogen-bond donors (Lipinski definition) is 16. The minimum absolute atomic E-state index is 0.00750. The number of Topliss-reactive ketones (excluding diaryl/α,β-unsaturated/α-hetero) is 3. The maximum Gasteiger partial charge on any atom is 0.475 e. The highest BCUT2D eigenvalue weighted by Crippen LogP contribution is 2.40. The number of benzene rings is 7. The fourth-order valence-corrected chi connectivity index (χ4v) is 14.5. The van der Waals surface area contributed by atoms with Crippen molar-refractivity contribution in [1.29, 1.82) is 0 Å². The van der Waals surface area contributed by atoms with Crippen molar-refractivity contribution in [3.63, 3.8) is 0 Å². The second-order valence-electron chi connectivity index (χ2n) is 37.3.